The molecule has 1 aliphatic carbocycles. The third-order valence-electron chi connectivity index (χ3n) is 4.18. The van der Waals surface area contributed by atoms with Crippen molar-refractivity contribution in [2.75, 3.05) is 0 Å². The molecule has 0 aliphatic heterocycles. The minimum absolute atomic E-state index is 0.0593. The summed E-state index contributed by atoms with van der Waals surface area (Å²) in [4.78, 5) is 12.4. The molecule has 0 atom stereocenters. The van der Waals surface area contributed by atoms with Gasteiger partial charge in [0, 0.05) is 18.5 Å². The van der Waals surface area contributed by atoms with Gasteiger partial charge in [0.05, 0.1) is 5.52 Å². The van der Waals surface area contributed by atoms with E-state index in [1.54, 1.807) is 17.7 Å². The lowest BCUT2D eigenvalue weighted by Crippen LogP contribution is -2.36. The van der Waals surface area contributed by atoms with Gasteiger partial charge in [0.25, 0.3) is 5.91 Å². The van der Waals surface area contributed by atoms with E-state index in [2.05, 4.69) is 5.32 Å². The molecule has 0 unspecified atom stereocenters. The number of benzene rings is 1. The third-order valence-corrected chi connectivity index (χ3v) is 4.18. The number of rotatable bonds is 2. The highest BCUT2D eigenvalue weighted by molar-refractivity contribution is 5.98. The SMILES string of the molecule is Cn1c(C(=O)NC2CCCCC2)cc2ccc(F)cc21. The zero-order chi connectivity index (χ0) is 14.1. The topological polar surface area (TPSA) is 34.0 Å². The maximum atomic E-state index is 13.3. The summed E-state index contributed by atoms with van der Waals surface area (Å²) >= 11 is 0. The summed E-state index contributed by atoms with van der Waals surface area (Å²) in [6.45, 7) is 0. The fraction of sp³-hybridized carbons (Fsp3) is 0.438. The number of aromatic nitrogens is 1. The molecule has 1 amide bonds. The Morgan fingerprint density at radius 1 is 1.25 bits per heavy atom. The Bertz CT molecular complexity index is 641. The van der Waals surface area contributed by atoms with Crippen molar-refractivity contribution < 1.29 is 9.18 Å². The van der Waals surface area contributed by atoms with E-state index < -0.39 is 0 Å². The molecule has 3 rings (SSSR count). The first-order valence-corrected chi connectivity index (χ1v) is 7.21. The first-order chi connectivity index (χ1) is 9.65. The Morgan fingerprint density at radius 2 is 2.00 bits per heavy atom. The van der Waals surface area contributed by atoms with Crippen LogP contribution in [0.2, 0.25) is 0 Å². The van der Waals surface area contributed by atoms with Crippen molar-refractivity contribution in [1.82, 2.24) is 9.88 Å². The van der Waals surface area contributed by atoms with Crippen LogP contribution in [0.1, 0.15) is 42.6 Å². The van der Waals surface area contributed by atoms with Crippen LogP contribution in [0.25, 0.3) is 10.9 Å². The molecule has 106 valence electrons. The second-order valence-electron chi connectivity index (χ2n) is 5.60. The van der Waals surface area contributed by atoms with Crippen LogP contribution in [-0.2, 0) is 7.05 Å². The lowest BCUT2D eigenvalue weighted by Gasteiger charge is -2.22. The summed E-state index contributed by atoms with van der Waals surface area (Å²) in [5.41, 5.74) is 1.34. The highest BCUT2D eigenvalue weighted by atomic mass is 19.1. The average molecular weight is 274 g/mol. The highest BCUT2D eigenvalue weighted by Gasteiger charge is 2.19. The number of nitrogens with one attached hydrogen (secondary N) is 1. The molecular formula is C16H19FN2O. The second kappa shape index (κ2) is 5.27. The van der Waals surface area contributed by atoms with Crippen molar-refractivity contribution in [2.45, 2.75) is 38.1 Å². The van der Waals surface area contributed by atoms with Crippen molar-refractivity contribution >= 4 is 16.8 Å². The van der Waals surface area contributed by atoms with E-state index >= 15 is 0 Å². The second-order valence-corrected chi connectivity index (χ2v) is 5.60. The monoisotopic (exact) mass is 274 g/mol. The van der Waals surface area contributed by atoms with Gasteiger partial charge in [0.15, 0.2) is 0 Å². The van der Waals surface area contributed by atoms with Gasteiger partial charge in [-0.25, -0.2) is 4.39 Å². The van der Waals surface area contributed by atoms with Gasteiger partial charge in [0.2, 0.25) is 0 Å². The molecule has 1 heterocycles. The molecule has 4 heteroatoms. The molecule has 2 aromatic rings. The number of carbonyl (C=O) groups excluding carboxylic acids is 1. The van der Waals surface area contributed by atoms with Crippen molar-refractivity contribution in [3.8, 4) is 0 Å². The van der Waals surface area contributed by atoms with Crippen molar-refractivity contribution in [1.29, 1.82) is 0 Å². The smallest absolute Gasteiger partial charge is 0.268 e. The fourth-order valence-electron chi connectivity index (χ4n) is 3.03. The summed E-state index contributed by atoms with van der Waals surface area (Å²) < 4.78 is 15.0. The Morgan fingerprint density at radius 3 is 2.75 bits per heavy atom. The van der Waals surface area contributed by atoms with Gasteiger partial charge in [-0.1, -0.05) is 19.3 Å². The van der Waals surface area contributed by atoms with E-state index in [0.29, 0.717) is 5.69 Å². The number of aryl methyl sites for hydroxylation is 1. The van der Waals surface area contributed by atoms with Crippen LogP contribution in [0.15, 0.2) is 24.3 Å². The number of carbonyl (C=O) groups is 1. The number of amides is 1. The maximum Gasteiger partial charge on any atom is 0.268 e. The lowest BCUT2D eigenvalue weighted by atomic mass is 9.95. The predicted molar refractivity (Wildman–Crippen MR) is 77.2 cm³/mol. The molecule has 1 aromatic carbocycles. The predicted octanol–water partition coefficient (Wildman–Crippen LogP) is 3.38. The Labute approximate surface area is 117 Å². The summed E-state index contributed by atoms with van der Waals surface area (Å²) in [5.74, 6) is -0.339. The van der Waals surface area contributed by atoms with Gasteiger partial charge >= 0.3 is 0 Å². The minimum Gasteiger partial charge on any atom is -0.348 e. The van der Waals surface area contributed by atoms with Crippen LogP contribution >= 0.6 is 0 Å². The average Bonchev–Trinajstić information content (AvgIpc) is 2.77. The number of halogens is 1. The van der Waals surface area contributed by atoms with E-state index in [0.717, 1.165) is 23.7 Å². The normalized spacial score (nSPS) is 16.5. The molecule has 1 aliphatic rings. The van der Waals surface area contributed by atoms with Gasteiger partial charge in [0.1, 0.15) is 11.5 Å². The quantitative estimate of drug-likeness (QED) is 0.895. The lowest BCUT2D eigenvalue weighted by molar-refractivity contribution is 0.0920. The Kier molecular flexibility index (Phi) is 3.47. The zero-order valence-electron chi connectivity index (χ0n) is 11.7. The highest BCUT2D eigenvalue weighted by Crippen LogP contribution is 2.21. The first-order valence-electron chi connectivity index (χ1n) is 7.21. The van der Waals surface area contributed by atoms with Crippen molar-refractivity contribution in [2.24, 2.45) is 7.05 Å². The molecule has 1 aromatic heterocycles. The largest absolute Gasteiger partial charge is 0.348 e. The van der Waals surface area contributed by atoms with Crippen molar-refractivity contribution in [3.05, 3.63) is 35.8 Å². The Hall–Kier alpha value is -1.84. The zero-order valence-corrected chi connectivity index (χ0v) is 11.7. The van der Waals surface area contributed by atoms with Crippen molar-refractivity contribution in [3.63, 3.8) is 0 Å². The molecule has 0 bridgehead atoms. The van der Waals surface area contributed by atoms with E-state index in [-0.39, 0.29) is 17.8 Å². The van der Waals surface area contributed by atoms with Crippen LogP contribution in [0.4, 0.5) is 4.39 Å². The molecular weight excluding hydrogens is 255 g/mol. The molecule has 1 saturated carbocycles. The van der Waals surface area contributed by atoms with Crippen LogP contribution in [0.5, 0.6) is 0 Å². The van der Waals surface area contributed by atoms with Crippen LogP contribution in [0.3, 0.4) is 0 Å². The molecule has 0 saturated heterocycles. The number of fused-ring (bicyclic) bond motifs is 1. The van der Waals surface area contributed by atoms with Gasteiger partial charge in [-0.2, -0.15) is 0 Å². The molecule has 0 spiro atoms. The van der Waals surface area contributed by atoms with E-state index in [1.165, 1.54) is 31.4 Å². The molecule has 3 nitrogen and oxygen atoms in total. The standard InChI is InChI=1S/C16H19FN2O/c1-19-14-10-12(17)8-7-11(14)9-15(19)16(20)18-13-5-3-2-4-6-13/h7-10,13H,2-6H2,1H3,(H,18,20). The summed E-state index contributed by atoms with van der Waals surface area (Å²) in [6.07, 6.45) is 5.75. The number of hydrogen-bond acceptors (Lipinski definition) is 1. The summed E-state index contributed by atoms with van der Waals surface area (Å²) in [5, 5.41) is 3.99. The molecule has 1 fully saturated rings. The summed E-state index contributed by atoms with van der Waals surface area (Å²) in [6, 6.07) is 6.71. The maximum absolute atomic E-state index is 13.3. The number of nitrogens with zero attached hydrogens (tertiary/aromatic N) is 1. The summed E-state index contributed by atoms with van der Waals surface area (Å²) in [7, 11) is 1.80. The van der Waals surface area contributed by atoms with Gasteiger partial charge in [-0.05, 0) is 37.1 Å². The Balaban J connectivity index is 1.85. The van der Waals surface area contributed by atoms with Gasteiger partial charge < -0.3 is 9.88 Å². The minimum atomic E-state index is -0.280. The fourth-order valence-corrected chi connectivity index (χ4v) is 3.03. The van der Waals surface area contributed by atoms with Crippen LogP contribution < -0.4 is 5.32 Å². The molecule has 20 heavy (non-hydrogen) atoms. The molecule has 1 N–H and O–H groups in total. The first kappa shape index (κ1) is 13.2. The van der Waals surface area contributed by atoms with E-state index in [4.69, 9.17) is 0 Å². The van der Waals surface area contributed by atoms with E-state index in [9.17, 15) is 9.18 Å². The molecule has 0 radical (unpaired) electrons. The van der Waals surface area contributed by atoms with Crippen LogP contribution in [0, 0.1) is 5.82 Å². The van der Waals surface area contributed by atoms with E-state index in [1.807, 2.05) is 6.07 Å². The number of hydrogen-bond donors (Lipinski definition) is 1. The van der Waals surface area contributed by atoms with Gasteiger partial charge in [-0.3, -0.25) is 4.79 Å². The van der Waals surface area contributed by atoms with Crippen LogP contribution in [-0.4, -0.2) is 16.5 Å². The van der Waals surface area contributed by atoms with Gasteiger partial charge in [-0.15, -0.1) is 0 Å². The third kappa shape index (κ3) is 2.42.